The molecule has 0 unspecified atom stereocenters. The molecule has 1 atom stereocenters. The molecule has 1 saturated carbocycles. The van der Waals surface area contributed by atoms with E-state index in [9.17, 15) is 4.79 Å². The Morgan fingerprint density at radius 2 is 2.00 bits per heavy atom. The lowest BCUT2D eigenvalue weighted by Crippen LogP contribution is -2.49. The van der Waals surface area contributed by atoms with Crippen LogP contribution in [0.1, 0.15) is 58.4 Å². The molecule has 25 heavy (non-hydrogen) atoms. The Labute approximate surface area is 146 Å². The molecular formula is C17H22N6O2. The van der Waals surface area contributed by atoms with Gasteiger partial charge in [-0.15, -0.1) is 0 Å². The highest BCUT2D eigenvalue weighted by Gasteiger charge is 2.35. The van der Waals surface area contributed by atoms with E-state index in [2.05, 4.69) is 25.0 Å². The minimum Gasteiger partial charge on any atom is -0.338 e. The van der Waals surface area contributed by atoms with Gasteiger partial charge in [0, 0.05) is 31.7 Å². The first-order valence-electron chi connectivity index (χ1n) is 8.66. The first-order valence-corrected chi connectivity index (χ1v) is 8.66. The van der Waals surface area contributed by atoms with Crippen LogP contribution in [0.15, 0.2) is 10.7 Å². The molecule has 1 aliphatic heterocycles. The quantitative estimate of drug-likeness (QED) is 0.835. The largest absolute Gasteiger partial charge is 0.338 e. The first kappa shape index (κ1) is 16.1. The van der Waals surface area contributed by atoms with Crippen molar-refractivity contribution in [3.05, 3.63) is 35.0 Å². The number of piperazine rings is 1. The average Bonchev–Trinajstić information content (AvgIpc) is 3.36. The van der Waals surface area contributed by atoms with Crippen molar-refractivity contribution in [1.82, 2.24) is 29.9 Å². The second-order valence-corrected chi connectivity index (χ2v) is 6.92. The van der Waals surface area contributed by atoms with Gasteiger partial charge in [-0.1, -0.05) is 5.16 Å². The number of carbonyl (C=O) groups excluding carboxylic acids is 1. The topological polar surface area (TPSA) is 88.2 Å². The standard InChI is InChI=1S/C17H22N6O2/c1-10-18-8-13(15(19-10)12-4-5-12)17(24)23-7-6-22(3)14(9-23)16-20-11(2)21-25-16/h8,12,14H,4-7,9H2,1-3H3/t14-/m1/s1. The Hall–Kier alpha value is -2.35. The van der Waals surface area contributed by atoms with E-state index in [0.717, 1.165) is 30.9 Å². The number of likely N-dealkylation sites (N-methyl/N-ethyl adjacent to an activating group) is 1. The van der Waals surface area contributed by atoms with Gasteiger partial charge >= 0.3 is 0 Å². The van der Waals surface area contributed by atoms with E-state index in [0.29, 0.717) is 36.3 Å². The molecule has 1 amide bonds. The molecule has 0 spiro atoms. The monoisotopic (exact) mass is 342 g/mol. The van der Waals surface area contributed by atoms with Gasteiger partial charge < -0.3 is 9.42 Å². The van der Waals surface area contributed by atoms with Crippen molar-refractivity contribution in [1.29, 1.82) is 0 Å². The molecule has 8 heteroatoms. The van der Waals surface area contributed by atoms with Crippen LogP contribution in [0.3, 0.4) is 0 Å². The maximum absolute atomic E-state index is 13.1. The van der Waals surface area contributed by atoms with E-state index in [1.807, 2.05) is 18.9 Å². The highest BCUT2D eigenvalue weighted by atomic mass is 16.5. The number of amides is 1. The lowest BCUT2D eigenvalue weighted by molar-refractivity contribution is 0.0487. The number of hydrogen-bond donors (Lipinski definition) is 0. The van der Waals surface area contributed by atoms with Crippen LogP contribution in [-0.2, 0) is 0 Å². The molecule has 0 aromatic carbocycles. The fourth-order valence-electron chi connectivity index (χ4n) is 3.26. The van der Waals surface area contributed by atoms with Crippen LogP contribution in [0.2, 0.25) is 0 Å². The predicted octanol–water partition coefficient (Wildman–Crippen LogP) is 1.48. The Kier molecular flexibility index (Phi) is 3.99. The molecule has 0 N–H and O–H groups in total. The zero-order valence-electron chi connectivity index (χ0n) is 14.8. The van der Waals surface area contributed by atoms with Crippen molar-refractivity contribution in [2.75, 3.05) is 26.7 Å². The molecule has 3 heterocycles. The zero-order valence-corrected chi connectivity index (χ0v) is 14.8. The van der Waals surface area contributed by atoms with Crippen molar-refractivity contribution in [2.45, 2.75) is 38.6 Å². The minimum absolute atomic E-state index is 0.00348. The van der Waals surface area contributed by atoms with E-state index >= 15 is 0 Å². The molecule has 1 aliphatic carbocycles. The molecule has 0 bridgehead atoms. The summed E-state index contributed by atoms with van der Waals surface area (Å²) in [7, 11) is 2.01. The van der Waals surface area contributed by atoms with Crippen LogP contribution in [0, 0.1) is 13.8 Å². The fourth-order valence-corrected chi connectivity index (χ4v) is 3.26. The number of aromatic nitrogens is 4. The molecular weight excluding hydrogens is 320 g/mol. The summed E-state index contributed by atoms with van der Waals surface area (Å²) in [4.78, 5) is 30.2. The molecule has 2 fully saturated rings. The number of aryl methyl sites for hydroxylation is 2. The second-order valence-electron chi connectivity index (χ2n) is 6.92. The normalized spacial score (nSPS) is 21.6. The van der Waals surface area contributed by atoms with Crippen molar-refractivity contribution >= 4 is 5.91 Å². The molecule has 2 aromatic heterocycles. The smallest absolute Gasteiger partial charge is 0.257 e. The number of rotatable bonds is 3. The fraction of sp³-hybridized carbons (Fsp3) is 0.588. The van der Waals surface area contributed by atoms with Crippen molar-refractivity contribution < 1.29 is 9.32 Å². The Morgan fingerprint density at radius 1 is 1.20 bits per heavy atom. The summed E-state index contributed by atoms with van der Waals surface area (Å²) < 4.78 is 5.33. The van der Waals surface area contributed by atoms with Crippen LogP contribution < -0.4 is 0 Å². The Bertz CT molecular complexity index is 800. The highest BCUT2D eigenvalue weighted by molar-refractivity contribution is 5.95. The van der Waals surface area contributed by atoms with Gasteiger partial charge in [-0.2, -0.15) is 4.98 Å². The van der Waals surface area contributed by atoms with Gasteiger partial charge in [0.1, 0.15) is 11.9 Å². The lowest BCUT2D eigenvalue weighted by atomic mass is 10.1. The van der Waals surface area contributed by atoms with Crippen LogP contribution in [0.5, 0.6) is 0 Å². The Balaban J connectivity index is 1.58. The molecule has 2 aliphatic rings. The molecule has 132 valence electrons. The maximum Gasteiger partial charge on any atom is 0.257 e. The molecule has 0 radical (unpaired) electrons. The van der Waals surface area contributed by atoms with Crippen molar-refractivity contribution in [3.8, 4) is 0 Å². The highest BCUT2D eigenvalue weighted by Crippen LogP contribution is 2.40. The summed E-state index contributed by atoms with van der Waals surface area (Å²) in [6.07, 6.45) is 3.88. The second kappa shape index (κ2) is 6.18. The van der Waals surface area contributed by atoms with Gasteiger partial charge in [-0.05, 0) is 33.7 Å². The SMILES string of the molecule is Cc1noc([C@H]2CN(C(=O)c3cnc(C)nc3C3CC3)CCN2C)n1. The van der Waals surface area contributed by atoms with E-state index in [4.69, 9.17) is 4.52 Å². The third-order valence-corrected chi connectivity index (χ3v) is 4.90. The minimum atomic E-state index is -0.0883. The number of hydrogen-bond acceptors (Lipinski definition) is 7. The van der Waals surface area contributed by atoms with Gasteiger partial charge in [0.05, 0.1) is 11.3 Å². The van der Waals surface area contributed by atoms with Crippen molar-refractivity contribution in [2.24, 2.45) is 0 Å². The van der Waals surface area contributed by atoms with E-state index < -0.39 is 0 Å². The molecule has 2 aromatic rings. The summed E-state index contributed by atoms with van der Waals surface area (Å²) >= 11 is 0. The Morgan fingerprint density at radius 3 is 2.68 bits per heavy atom. The summed E-state index contributed by atoms with van der Waals surface area (Å²) in [6, 6.07) is -0.0883. The zero-order chi connectivity index (χ0) is 17.6. The summed E-state index contributed by atoms with van der Waals surface area (Å²) in [5.74, 6) is 2.28. The number of nitrogens with zero attached hydrogens (tertiary/aromatic N) is 6. The van der Waals surface area contributed by atoms with Gasteiger partial charge in [0.2, 0.25) is 5.89 Å². The van der Waals surface area contributed by atoms with Gasteiger partial charge in [-0.3, -0.25) is 9.69 Å². The van der Waals surface area contributed by atoms with E-state index in [1.54, 1.807) is 13.1 Å². The maximum atomic E-state index is 13.1. The number of carbonyl (C=O) groups is 1. The van der Waals surface area contributed by atoms with Gasteiger partial charge in [-0.25, -0.2) is 9.97 Å². The van der Waals surface area contributed by atoms with E-state index in [1.165, 1.54) is 0 Å². The van der Waals surface area contributed by atoms with Crippen LogP contribution in [-0.4, -0.2) is 62.5 Å². The van der Waals surface area contributed by atoms with Crippen LogP contribution >= 0.6 is 0 Å². The third kappa shape index (κ3) is 3.13. The summed E-state index contributed by atoms with van der Waals surface area (Å²) in [6.45, 7) is 5.60. The summed E-state index contributed by atoms with van der Waals surface area (Å²) in [5.41, 5.74) is 1.54. The van der Waals surface area contributed by atoms with Crippen LogP contribution in [0.4, 0.5) is 0 Å². The first-order chi connectivity index (χ1) is 12.0. The molecule has 4 rings (SSSR count). The van der Waals surface area contributed by atoms with Crippen molar-refractivity contribution in [3.63, 3.8) is 0 Å². The third-order valence-electron chi connectivity index (χ3n) is 4.90. The van der Waals surface area contributed by atoms with Gasteiger partial charge in [0.15, 0.2) is 5.82 Å². The summed E-state index contributed by atoms with van der Waals surface area (Å²) in [5, 5.41) is 3.87. The average molecular weight is 342 g/mol. The lowest BCUT2D eigenvalue weighted by Gasteiger charge is -2.37. The molecule has 8 nitrogen and oxygen atoms in total. The van der Waals surface area contributed by atoms with Crippen LogP contribution in [0.25, 0.3) is 0 Å². The molecule has 1 saturated heterocycles. The van der Waals surface area contributed by atoms with E-state index in [-0.39, 0.29) is 11.9 Å². The van der Waals surface area contributed by atoms with Gasteiger partial charge in [0.25, 0.3) is 5.91 Å². The predicted molar refractivity (Wildman–Crippen MR) is 89.1 cm³/mol.